The van der Waals surface area contributed by atoms with Gasteiger partial charge in [-0.3, -0.25) is 9.59 Å². The number of nitrogens with zero attached hydrogens (tertiary/aromatic N) is 2. The first-order chi connectivity index (χ1) is 23.7. The van der Waals surface area contributed by atoms with Gasteiger partial charge in [0, 0.05) is 21.8 Å². The quantitative estimate of drug-likeness (QED) is 0.0641. The van der Waals surface area contributed by atoms with E-state index in [1.807, 2.05) is 0 Å². The molecule has 12 nitrogen and oxygen atoms in total. The first kappa shape index (κ1) is 36.5. The minimum Gasteiger partial charge on any atom is -0.493 e. The molecule has 0 saturated heterocycles. The number of methoxy groups -OCH3 is 2. The smallest absolute Gasteiger partial charge is 0.344 e. The van der Waals surface area contributed by atoms with Crippen LogP contribution in [0.25, 0.3) is 0 Å². The van der Waals surface area contributed by atoms with Crippen molar-refractivity contribution in [1.29, 1.82) is 0 Å². The highest BCUT2D eigenvalue weighted by atomic mass is 79.9. The van der Waals surface area contributed by atoms with Crippen LogP contribution in [0.3, 0.4) is 0 Å². The predicted molar refractivity (Wildman–Crippen MR) is 190 cm³/mol. The second-order valence-corrected chi connectivity index (χ2v) is 11.7. The third-order valence-corrected chi connectivity index (χ3v) is 7.96. The Labute approximate surface area is 298 Å². The largest absolute Gasteiger partial charge is 0.493 e. The first-order valence-electron chi connectivity index (χ1n) is 14.6. The van der Waals surface area contributed by atoms with Gasteiger partial charge < -0.3 is 18.9 Å². The van der Waals surface area contributed by atoms with Gasteiger partial charge in [-0.25, -0.2) is 20.4 Å². The number of nitrogens with one attached hydrogen (secondary N) is 2. The Hall–Kier alpha value is -5.34. The Kier molecular flexibility index (Phi) is 13.6. The second kappa shape index (κ2) is 18.3. The topological polar surface area (TPSA) is 154 Å². The molecular formula is C35H30Br2N4O8. The van der Waals surface area contributed by atoms with E-state index in [2.05, 4.69) is 52.9 Å². The lowest BCUT2D eigenvalue weighted by Crippen LogP contribution is -2.20. The van der Waals surface area contributed by atoms with Gasteiger partial charge in [0.1, 0.15) is 0 Å². The SMILES string of the molecule is COc1cc(C=NNC(=O)CCCC(=O)NN=Cc2ccc(OC(=O)c3ccccc3Br)c(OC)c2)ccc1OC(=O)c1ccccc1Br. The third-order valence-electron chi connectivity index (χ3n) is 6.58. The fourth-order valence-corrected chi connectivity index (χ4v) is 5.03. The lowest BCUT2D eigenvalue weighted by atomic mass is 10.2. The molecule has 252 valence electrons. The molecule has 49 heavy (non-hydrogen) atoms. The zero-order chi connectivity index (χ0) is 35.2. The fourth-order valence-electron chi connectivity index (χ4n) is 4.14. The van der Waals surface area contributed by atoms with Gasteiger partial charge in [0.25, 0.3) is 0 Å². The van der Waals surface area contributed by atoms with E-state index in [4.69, 9.17) is 18.9 Å². The molecule has 0 radical (unpaired) electrons. The van der Waals surface area contributed by atoms with Crippen molar-refractivity contribution in [2.45, 2.75) is 19.3 Å². The molecule has 0 bridgehead atoms. The van der Waals surface area contributed by atoms with Crippen LogP contribution in [0.2, 0.25) is 0 Å². The maximum Gasteiger partial charge on any atom is 0.344 e. The summed E-state index contributed by atoms with van der Waals surface area (Å²) in [4.78, 5) is 49.5. The molecule has 2 N–H and O–H groups in total. The molecule has 4 rings (SSSR count). The molecule has 0 spiro atoms. The Morgan fingerprint density at radius 1 is 0.612 bits per heavy atom. The lowest BCUT2D eigenvalue weighted by Gasteiger charge is -2.10. The van der Waals surface area contributed by atoms with Crippen molar-refractivity contribution in [3.05, 3.63) is 116 Å². The summed E-state index contributed by atoms with van der Waals surface area (Å²) in [5.74, 6) is -0.816. The number of esters is 2. The van der Waals surface area contributed by atoms with Crippen LogP contribution in [-0.4, -0.2) is 50.4 Å². The Morgan fingerprint density at radius 3 is 1.41 bits per heavy atom. The van der Waals surface area contributed by atoms with Gasteiger partial charge >= 0.3 is 11.9 Å². The highest BCUT2D eigenvalue weighted by molar-refractivity contribution is 9.10. The van der Waals surface area contributed by atoms with Crippen LogP contribution in [0.4, 0.5) is 0 Å². The molecule has 4 aromatic rings. The predicted octanol–water partition coefficient (Wildman–Crippen LogP) is 6.44. The second-order valence-electron chi connectivity index (χ2n) is 10.00. The third kappa shape index (κ3) is 10.8. The molecule has 0 atom stereocenters. The molecule has 0 fully saturated rings. The van der Waals surface area contributed by atoms with Crippen molar-refractivity contribution >= 4 is 68.0 Å². The van der Waals surface area contributed by atoms with Gasteiger partial charge in [0.15, 0.2) is 23.0 Å². The molecule has 0 aliphatic heterocycles. The molecule has 0 aliphatic rings. The molecular weight excluding hydrogens is 764 g/mol. The molecule has 4 aromatic carbocycles. The van der Waals surface area contributed by atoms with Crippen molar-refractivity contribution < 1.29 is 38.1 Å². The number of hydrogen-bond acceptors (Lipinski definition) is 10. The molecule has 0 saturated carbocycles. The maximum absolute atomic E-state index is 12.5. The minimum absolute atomic E-state index is 0.0542. The minimum atomic E-state index is -0.551. The highest BCUT2D eigenvalue weighted by Gasteiger charge is 2.16. The fraction of sp³-hybridized carbons (Fsp3) is 0.143. The van der Waals surface area contributed by atoms with Crippen LogP contribution >= 0.6 is 31.9 Å². The molecule has 0 aromatic heterocycles. The van der Waals surface area contributed by atoms with E-state index in [9.17, 15) is 19.2 Å². The van der Waals surface area contributed by atoms with Crippen molar-refractivity contribution in [3.63, 3.8) is 0 Å². The van der Waals surface area contributed by atoms with E-state index in [0.29, 0.717) is 42.7 Å². The zero-order valence-electron chi connectivity index (χ0n) is 26.3. The number of halogens is 2. The Balaban J connectivity index is 1.19. The number of carbonyl (C=O) groups excluding carboxylic acids is 4. The average molecular weight is 794 g/mol. The summed E-state index contributed by atoms with van der Waals surface area (Å²) < 4.78 is 22.9. The maximum atomic E-state index is 12.5. The molecule has 2 amide bonds. The summed E-state index contributed by atoms with van der Waals surface area (Å²) in [6.45, 7) is 0. The van der Waals surface area contributed by atoms with Crippen molar-refractivity contribution in [1.82, 2.24) is 10.9 Å². The number of ether oxygens (including phenoxy) is 4. The monoisotopic (exact) mass is 792 g/mol. The van der Waals surface area contributed by atoms with Crippen LogP contribution in [0.1, 0.15) is 51.1 Å². The van der Waals surface area contributed by atoms with Gasteiger partial charge in [-0.1, -0.05) is 24.3 Å². The molecule has 14 heteroatoms. The zero-order valence-corrected chi connectivity index (χ0v) is 29.4. The van der Waals surface area contributed by atoms with Crippen LogP contribution in [0, 0.1) is 0 Å². The van der Waals surface area contributed by atoms with E-state index in [1.165, 1.54) is 26.6 Å². The van der Waals surface area contributed by atoms with Crippen LogP contribution in [-0.2, 0) is 9.59 Å². The number of hydrogen-bond donors (Lipinski definition) is 2. The summed E-state index contributed by atoms with van der Waals surface area (Å²) in [5.41, 5.74) is 6.73. The number of hydrazone groups is 2. The van der Waals surface area contributed by atoms with E-state index < -0.39 is 11.9 Å². The Morgan fingerprint density at radius 2 is 1.02 bits per heavy atom. The normalized spacial score (nSPS) is 10.9. The van der Waals surface area contributed by atoms with Gasteiger partial charge in [-0.15, -0.1) is 0 Å². The summed E-state index contributed by atoms with van der Waals surface area (Å²) in [6, 6.07) is 23.4. The lowest BCUT2D eigenvalue weighted by molar-refractivity contribution is -0.122. The van der Waals surface area contributed by atoms with Crippen LogP contribution in [0.15, 0.2) is 104 Å². The first-order valence-corrected chi connectivity index (χ1v) is 16.2. The summed E-state index contributed by atoms with van der Waals surface area (Å²) in [5, 5.41) is 7.89. The van der Waals surface area contributed by atoms with Crippen LogP contribution in [0.5, 0.6) is 23.0 Å². The summed E-state index contributed by atoms with van der Waals surface area (Å²) >= 11 is 6.66. The van der Waals surface area contributed by atoms with Crippen molar-refractivity contribution in [2.24, 2.45) is 10.2 Å². The molecule has 0 aliphatic carbocycles. The van der Waals surface area contributed by atoms with Gasteiger partial charge in [0.2, 0.25) is 11.8 Å². The standard InChI is InChI=1S/C35H30Br2N4O8/c1-46-30-18-22(14-16-28(30)48-34(44)24-8-3-5-10-26(24)36)20-38-40-32(42)12-7-13-33(43)41-39-21-23-15-17-29(31(19-23)47-2)49-35(45)25-9-4-6-11-27(25)37/h3-6,8-11,14-21H,7,12-13H2,1-2H3,(H,40,42)(H,41,43). The highest BCUT2D eigenvalue weighted by Crippen LogP contribution is 2.30. The summed E-state index contributed by atoms with van der Waals surface area (Å²) in [6.07, 6.45) is 3.20. The molecule has 0 unspecified atom stereocenters. The number of amides is 2. The van der Waals surface area contributed by atoms with Crippen molar-refractivity contribution in [2.75, 3.05) is 14.2 Å². The van der Waals surface area contributed by atoms with E-state index in [-0.39, 0.29) is 42.6 Å². The van der Waals surface area contributed by atoms with Crippen LogP contribution < -0.4 is 29.8 Å². The number of benzene rings is 4. The number of rotatable bonds is 14. The van der Waals surface area contributed by atoms with E-state index in [1.54, 1.807) is 84.9 Å². The molecule has 0 heterocycles. The van der Waals surface area contributed by atoms with E-state index >= 15 is 0 Å². The Bertz CT molecular complexity index is 1760. The van der Waals surface area contributed by atoms with Gasteiger partial charge in [-0.2, -0.15) is 10.2 Å². The van der Waals surface area contributed by atoms with Gasteiger partial charge in [0.05, 0.1) is 37.8 Å². The summed E-state index contributed by atoms with van der Waals surface area (Å²) in [7, 11) is 2.88. The van der Waals surface area contributed by atoms with Crippen molar-refractivity contribution in [3.8, 4) is 23.0 Å². The van der Waals surface area contributed by atoms with Gasteiger partial charge in [-0.05, 0) is 110 Å². The number of carbonyl (C=O) groups is 4. The average Bonchev–Trinajstić information content (AvgIpc) is 3.09. The van der Waals surface area contributed by atoms with E-state index in [0.717, 1.165) is 0 Å².